The molecule has 6 heteroatoms. The molecule has 0 aliphatic heterocycles. The third kappa shape index (κ3) is 3.13. The number of ether oxygens (including phenoxy) is 1. The molecule has 6 nitrogen and oxygen atoms in total. The summed E-state index contributed by atoms with van der Waals surface area (Å²) in [5.74, 6) is -1.44. The first-order valence-electron chi connectivity index (χ1n) is 13.0. The first-order valence-corrected chi connectivity index (χ1v) is 13.0. The molecule has 0 heterocycles. The molecule has 0 amide bonds. The van der Waals surface area contributed by atoms with Crippen LogP contribution in [0.3, 0.4) is 0 Å². The Balaban J connectivity index is 1.46. The van der Waals surface area contributed by atoms with E-state index in [1.165, 1.54) is 11.6 Å². The van der Waals surface area contributed by atoms with Crippen LogP contribution in [0.25, 0.3) is 0 Å². The van der Waals surface area contributed by atoms with Crippen LogP contribution in [0, 0.1) is 46.3 Å². The molecule has 0 saturated heterocycles. The van der Waals surface area contributed by atoms with Gasteiger partial charge in [0.05, 0.1) is 5.60 Å². The van der Waals surface area contributed by atoms with E-state index in [0.29, 0.717) is 30.1 Å². The maximum Gasteiger partial charge on any atom is 0.320 e. The number of carbonyl (C=O) groups excluding carboxylic acids is 2. The summed E-state index contributed by atoms with van der Waals surface area (Å²) in [7, 11) is 0. The lowest BCUT2D eigenvalue weighted by molar-refractivity contribution is -0.175. The lowest BCUT2D eigenvalue weighted by atomic mass is 9.45. The highest BCUT2D eigenvalue weighted by atomic mass is 16.5. The number of ketones is 1. The smallest absolute Gasteiger partial charge is 0.320 e. The van der Waals surface area contributed by atoms with Crippen LogP contribution in [-0.4, -0.2) is 40.1 Å². The van der Waals surface area contributed by atoms with Crippen LogP contribution < -0.4 is 0 Å². The molecule has 34 heavy (non-hydrogen) atoms. The number of rotatable bonds is 6. The number of fused-ring (bicyclic) bond motifs is 7. The van der Waals surface area contributed by atoms with Crippen molar-refractivity contribution in [3.8, 4) is 0 Å². The number of carboxylic acid groups (broad SMARTS) is 1. The Morgan fingerprint density at radius 3 is 2.53 bits per heavy atom. The van der Waals surface area contributed by atoms with Crippen LogP contribution >= 0.6 is 0 Å². The van der Waals surface area contributed by atoms with Crippen molar-refractivity contribution in [3.63, 3.8) is 0 Å². The fourth-order valence-electron chi connectivity index (χ4n) is 9.28. The molecule has 4 saturated carbocycles. The zero-order chi connectivity index (χ0) is 24.5. The second kappa shape index (κ2) is 8.04. The Labute approximate surface area is 201 Å². The first-order chi connectivity index (χ1) is 16.1. The van der Waals surface area contributed by atoms with Gasteiger partial charge in [0.15, 0.2) is 11.7 Å². The second-order valence-electron chi connectivity index (χ2n) is 12.1. The molecule has 2 N–H and O–H groups in total. The molecule has 186 valence electrons. The minimum Gasteiger partial charge on any atom is -0.481 e. The summed E-state index contributed by atoms with van der Waals surface area (Å²) in [6, 6.07) is 0. The fraction of sp³-hybridized carbons (Fsp3) is 0.750. The number of hydrogen-bond donors (Lipinski definition) is 2. The average molecular weight is 471 g/mol. The van der Waals surface area contributed by atoms with E-state index in [0.717, 1.165) is 44.9 Å². The van der Waals surface area contributed by atoms with Gasteiger partial charge in [-0.25, -0.2) is 0 Å². The van der Waals surface area contributed by atoms with Crippen molar-refractivity contribution in [2.24, 2.45) is 46.3 Å². The molecule has 0 spiro atoms. The van der Waals surface area contributed by atoms with Gasteiger partial charge in [-0.3, -0.25) is 14.4 Å². The van der Waals surface area contributed by atoms with E-state index in [4.69, 9.17) is 4.74 Å². The molecule has 0 aromatic rings. The maximum atomic E-state index is 12.6. The predicted molar refractivity (Wildman–Crippen MR) is 126 cm³/mol. The molecule has 5 rings (SSSR count). The normalized spacial score (nSPS) is 45.4. The fourth-order valence-corrected chi connectivity index (χ4v) is 9.28. The molecular weight excluding hydrogens is 432 g/mol. The van der Waals surface area contributed by atoms with E-state index in [1.807, 2.05) is 6.08 Å². The monoisotopic (exact) mass is 470 g/mol. The largest absolute Gasteiger partial charge is 0.481 e. The van der Waals surface area contributed by atoms with Gasteiger partial charge >= 0.3 is 11.9 Å². The van der Waals surface area contributed by atoms with Crippen LogP contribution in [0.15, 0.2) is 24.3 Å². The van der Waals surface area contributed by atoms with Crippen LogP contribution in [0.4, 0.5) is 0 Å². The van der Waals surface area contributed by atoms with Gasteiger partial charge in [-0.05, 0) is 86.0 Å². The van der Waals surface area contributed by atoms with Crippen LogP contribution in [0.5, 0.6) is 0 Å². The van der Waals surface area contributed by atoms with Crippen molar-refractivity contribution in [2.45, 2.75) is 77.2 Å². The highest BCUT2D eigenvalue weighted by Gasteiger charge is 2.73. The van der Waals surface area contributed by atoms with Crippen LogP contribution in [-0.2, 0) is 19.1 Å². The lowest BCUT2D eigenvalue weighted by Gasteiger charge is -2.59. The van der Waals surface area contributed by atoms with Crippen LogP contribution in [0.1, 0.15) is 71.6 Å². The Bertz CT molecular complexity index is 953. The Kier molecular flexibility index (Phi) is 5.62. The number of aliphatic carboxylic acids is 1. The number of aliphatic hydroxyl groups is 1. The van der Waals surface area contributed by atoms with Crippen molar-refractivity contribution in [1.82, 2.24) is 0 Å². The van der Waals surface area contributed by atoms with E-state index < -0.39 is 28.9 Å². The van der Waals surface area contributed by atoms with E-state index in [9.17, 15) is 24.6 Å². The first kappa shape index (κ1) is 23.8. The number of hydrogen-bond acceptors (Lipinski definition) is 5. The molecule has 9 atom stereocenters. The third-order valence-electron chi connectivity index (χ3n) is 11.0. The zero-order valence-electron chi connectivity index (χ0n) is 20.4. The standard InChI is InChI=1S/C28H38O6/c1-4-13-34-25(32)20(24(30)31)15-28(33)22-8-7-19(22)23-18-6-5-16-14-17(29)9-11-26(16,2)21(18)10-12-27(23,28)3/h4,14,18-23,33H,1,5-13,15H2,2-3H3,(H,30,31)/t18-,19-,20?,21+,22+,23-,26+,27+,28+/m1/s1. The van der Waals surface area contributed by atoms with Gasteiger partial charge in [-0.2, -0.15) is 0 Å². The summed E-state index contributed by atoms with van der Waals surface area (Å²) in [6.07, 6.45) is 10.5. The van der Waals surface area contributed by atoms with E-state index in [-0.39, 0.29) is 30.1 Å². The van der Waals surface area contributed by atoms with Gasteiger partial charge in [-0.1, -0.05) is 32.1 Å². The molecule has 5 aliphatic carbocycles. The molecule has 0 bridgehead atoms. The Morgan fingerprint density at radius 2 is 1.88 bits per heavy atom. The summed E-state index contributed by atoms with van der Waals surface area (Å²) in [5.41, 5.74) is -0.241. The summed E-state index contributed by atoms with van der Waals surface area (Å²) in [5, 5.41) is 22.2. The molecule has 0 aromatic carbocycles. The Morgan fingerprint density at radius 1 is 1.15 bits per heavy atom. The summed E-state index contributed by atoms with van der Waals surface area (Å²) in [4.78, 5) is 36.8. The van der Waals surface area contributed by atoms with Gasteiger partial charge in [-0.15, -0.1) is 0 Å². The number of carboxylic acids is 1. The quantitative estimate of drug-likeness (QED) is 0.341. The number of esters is 1. The van der Waals surface area contributed by atoms with Gasteiger partial charge < -0.3 is 14.9 Å². The highest BCUT2D eigenvalue weighted by Crippen LogP contribution is 2.74. The molecule has 5 aliphatic rings. The minimum absolute atomic E-state index is 0.0340. The van der Waals surface area contributed by atoms with Gasteiger partial charge in [0.25, 0.3) is 0 Å². The van der Waals surface area contributed by atoms with Crippen LogP contribution in [0.2, 0.25) is 0 Å². The Hall–Kier alpha value is -1.95. The number of carbonyl (C=O) groups is 3. The molecule has 4 fully saturated rings. The second-order valence-corrected chi connectivity index (χ2v) is 12.1. The van der Waals surface area contributed by atoms with Crippen molar-refractivity contribution in [2.75, 3.05) is 6.61 Å². The topological polar surface area (TPSA) is 101 Å². The zero-order valence-corrected chi connectivity index (χ0v) is 20.4. The van der Waals surface area contributed by atoms with Gasteiger partial charge in [0.1, 0.15) is 6.61 Å². The summed E-state index contributed by atoms with van der Waals surface area (Å²) < 4.78 is 5.10. The lowest BCUT2D eigenvalue weighted by Crippen LogP contribution is -2.57. The van der Waals surface area contributed by atoms with E-state index >= 15 is 0 Å². The average Bonchev–Trinajstić information content (AvgIpc) is 2.89. The molecular formula is C28H38O6. The van der Waals surface area contributed by atoms with E-state index in [1.54, 1.807) is 0 Å². The SMILES string of the molecule is C=CCOC(=O)C(C[C@]1(O)[C@H]2CC[C@H]2[C@H]2[C@@H]3CCC4=CC(=O)CC[C@]4(C)[C@H]3CC[C@@]21C)C(=O)O. The predicted octanol–water partition coefficient (Wildman–Crippen LogP) is 4.32. The third-order valence-corrected chi connectivity index (χ3v) is 11.0. The van der Waals surface area contributed by atoms with Crippen molar-refractivity contribution in [1.29, 1.82) is 0 Å². The van der Waals surface area contributed by atoms with E-state index in [2.05, 4.69) is 20.4 Å². The van der Waals surface area contributed by atoms with Crippen molar-refractivity contribution in [3.05, 3.63) is 24.3 Å². The summed E-state index contributed by atoms with van der Waals surface area (Å²) >= 11 is 0. The van der Waals surface area contributed by atoms with Crippen molar-refractivity contribution >= 4 is 17.7 Å². The van der Waals surface area contributed by atoms with Gasteiger partial charge in [0.2, 0.25) is 0 Å². The number of allylic oxidation sites excluding steroid dienone is 1. The highest BCUT2D eigenvalue weighted by molar-refractivity contribution is 5.94. The summed E-state index contributed by atoms with van der Waals surface area (Å²) in [6.45, 7) is 8.01. The minimum atomic E-state index is -1.37. The molecule has 0 aromatic heterocycles. The maximum absolute atomic E-state index is 12.6. The molecule has 1 unspecified atom stereocenters. The van der Waals surface area contributed by atoms with Crippen molar-refractivity contribution < 1.29 is 29.3 Å². The molecule has 0 radical (unpaired) electrons. The van der Waals surface area contributed by atoms with Gasteiger partial charge in [0, 0.05) is 18.3 Å².